The van der Waals surface area contributed by atoms with Crippen LogP contribution in [0.1, 0.15) is 262 Å². The molecule has 0 unspecified atom stereocenters. The van der Waals surface area contributed by atoms with Crippen molar-refractivity contribution in [2.24, 2.45) is 16.8 Å². The summed E-state index contributed by atoms with van der Waals surface area (Å²) >= 11 is 0. The van der Waals surface area contributed by atoms with Crippen LogP contribution in [0.4, 0.5) is 19.2 Å². The van der Waals surface area contributed by atoms with Gasteiger partial charge in [0.15, 0.2) is 0 Å². The molecule has 119 heavy (non-hydrogen) atoms. The van der Waals surface area contributed by atoms with Gasteiger partial charge in [0.05, 0.1) is 19.4 Å². The van der Waals surface area contributed by atoms with Crippen molar-refractivity contribution in [3.8, 4) is 0 Å². The molecule has 0 rings (SSSR count). The van der Waals surface area contributed by atoms with Gasteiger partial charge in [0, 0.05) is 37.5 Å². The molecule has 8 atom stereocenters. The molecule has 0 saturated heterocycles. The zero-order chi connectivity index (χ0) is 91.6. The maximum atomic E-state index is 14.9. The molecule has 0 aliphatic carbocycles. The fraction of sp³-hybridized carbons (Fsp3) is 0.782. The van der Waals surface area contributed by atoms with Crippen LogP contribution in [0.25, 0.3) is 10.4 Å². The molecule has 0 aromatic heterocycles. The van der Waals surface area contributed by atoms with E-state index in [0.717, 1.165) is 0 Å². The van der Waals surface area contributed by atoms with Crippen molar-refractivity contribution in [2.75, 3.05) is 39.3 Å². The highest BCUT2D eigenvalue weighted by Crippen LogP contribution is 2.18. The SMILES string of the molecule is CC(C)[C@H](NC(=O)[C@H](CCC(=O)OC(C)(C)C)NC(=O)[C@H](CC(=O)OC(C)(C)C)NC(=O)CN=[N+]=[N-])C(=O)N[C@@H](CC(=O)OC(C)(C)C)C(=O)NCC(=O)N[C@@H](CCCCNC(=O)OC(C)(C)C)C(=O)N[C@@H](CCCCNC(=O)OC(C)(C)C)C(=O)N[C@@H](CCCCNC(=O)OC(C)(C)C)C(=O)N[C@@H](CCCCNC(=O)OC(C)(C)C)C(N)=O. The molecule has 0 spiro atoms. The lowest BCUT2D eigenvalue weighted by atomic mass is 10.0. The smallest absolute Gasteiger partial charge is 0.407 e. The minimum atomic E-state index is -1.90. The second-order valence-corrected chi connectivity index (χ2v) is 35.7. The van der Waals surface area contributed by atoms with Crippen molar-refractivity contribution in [3.63, 3.8) is 0 Å². The van der Waals surface area contributed by atoms with Crippen molar-refractivity contribution in [2.45, 2.75) is 350 Å². The molecule has 0 bridgehead atoms. The molecule has 14 amide bonds. The minimum absolute atomic E-state index is 0.00186. The number of alkyl carbamates (subject to hydrolysis) is 4. The number of hydrogen-bond acceptors (Lipinski definition) is 25. The van der Waals surface area contributed by atoms with Gasteiger partial charge < -0.3 is 108 Å². The Morgan fingerprint density at radius 1 is 0.319 bits per heavy atom. The molecule has 678 valence electrons. The molecule has 15 N–H and O–H groups in total. The normalized spacial score (nSPS) is 13.8. The van der Waals surface area contributed by atoms with Gasteiger partial charge in [0.1, 0.15) is 94.1 Å². The standard InChI is InChI=1S/C78H137N17O24/c1-46(2)59(94-65(106)51(36-37-56(98)113-72(3,4)5)92-66(107)53(88-55(97)45-86-95-80)43-58(100)115-74(9,10)11)67(108)93-52(42-57(99)114-73(6,7)8)61(102)85-44-54(96)87-48(33-25-29-39-82-69(110)117-76(15,16)17)62(103)90-50(35-27-31-41-84-71(112)119-78(21,22)23)64(105)91-49(34-26-30-40-83-70(111)118-77(18,19)20)63(104)89-47(60(79)101)32-24-28-38-81-68(109)116-75(12,13)14/h46-53,59H,24-45H2,1-23H3,(H2,79,101)(H,81,109)(H,82,110)(H,83,111)(H,84,112)(H,85,102)(H,87,96)(H,88,97)(H,89,104)(H,90,103)(H,91,105)(H,92,107)(H,93,108)(H,94,106)/t47-,48-,49-,50-,51-,52-,53-,59-/m0/s1. The summed E-state index contributed by atoms with van der Waals surface area (Å²) in [5.74, 6) is -14.1. The van der Waals surface area contributed by atoms with Gasteiger partial charge in [-0.1, -0.05) is 19.0 Å². The lowest BCUT2D eigenvalue weighted by Gasteiger charge is -2.28. The molecular formula is C78H137N17O24. The summed E-state index contributed by atoms with van der Waals surface area (Å²) < 4.78 is 37.6. The van der Waals surface area contributed by atoms with Crippen LogP contribution >= 0.6 is 0 Å². The van der Waals surface area contributed by atoms with Gasteiger partial charge in [0.2, 0.25) is 59.1 Å². The third kappa shape index (κ3) is 55.7. The van der Waals surface area contributed by atoms with Crippen LogP contribution in [0.15, 0.2) is 5.11 Å². The first-order chi connectivity index (χ1) is 54.6. The molecule has 41 heteroatoms. The maximum Gasteiger partial charge on any atom is 0.407 e. The van der Waals surface area contributed by atoms with Crippen LogP contribution in [-0.2, 0) is 95.5 Å². The molecule has 0 aliphatic heterocycles. The molecule has 0 aromatic carbocycles. The van der Waals surface area contributed by atoms with E-state index in [1.165, 1.54) is 34.6 Å². The van der Waals surface area contributed by atoms with Gasteiger partial charge in [-0.2, -0.15) is 0 Å². The lowest BCUT2D eigenvalue weighted by Crippen LogP contribution is -2.60. The zero-order valence-corrected chi connectivity index (χ0v) is 74.0. The Balaban J connectivity index is 7.81. The number of nitrogens with zero attached hydrogens (tertiary/aromatic N) is 3. The van der Waals surface area contributed by atoms with Gasteiger partial charge >= 0.3 is 42.3 Å². The molecule has 0 heterocycles. The monoisotopic (exact) mass is 1700 g/mol. The predicted molar refractivity (Wildman–Crippen MR) is 435 cm³/mol. The van der Waals surface area contributed by atoms with Crippen LogP contribution in [0.5, 0.6) is 0 Å². The summed E-state index contributed by atoms with van der Waals surface area (Å²) in [5, 5.41) is 36.1. The summed E-state index contributed by atoms with van der Waals surface area (Å²) in [6.45, 7) is 35.4. The van der Waals surface area contributed by atoms with E-state index < -0.39 is 234 Å². The van der Waals surface area contributed by atoms with Crippen molar-refractivity contribution in [3.05, 3.63) is 10.4 Å². The molecule has 0 aromatic rings. The van der Waals surface area contributed by atoms with Gasteiger partial charge in [-0.15, -0.1) is 0 Å². The fourth-order valence-electron chi connectivity index (χ4n) is 10.5. The largest absolute Gasteiger partial charge is 0.460 e. The third-order valence-corrected chi connectivity index (χ3v) is 15.4. The van der Waals surface area contributed by atoms with E-state index >= 15 is 0 Å². The number of carbonyl (C=O) groups excluding carboxylic acids is 17. The molecule has 0 saturated carbocycles. The highest BCUT2D eigenvalue weighted by molar-refractivity contribution is 5.99. The van der Waals surface area contributed by atoms with Crippen LogP contribution in [0.3, 0.4) is 0 Å². The molecule has 0 aliphatic rings. The van der Waals surface area contributed by atoms with Crippen LogP contribution in [0, 0.1) is 5.92 Å². The van der Waals surface area contributed by atoms with E-state index in [4.69, 9.17) is 44.4 Å². The second kappa shape index (κ2) is 51.7. The first-order valence-corrected chi connectivity index (χ1v) is 40.1. The number of carbonyl (C=O) groups is 17. The van der Waals surface area contributed by atoms with E-state index in [1.807, 2.05) is 0 Å². The Hall–Kier alpha value is -10.5. The van der Waals surface area contributed by atoms with Gasteiger partial charge in [-0.25, -0.2) is 19.2 Å². The number of ether oxygens (including phenoxy) is 7. The highest BCUT2D eigenvalue weighted by atomic mass is 16.6. The Morgan fingerprint density at radius 3 is 0.924 bits per heavy atom. The number of azide groups is 1. The quantitative estimate of drug-likeness (QED) is 0.00971. The van der Waals surface area contributed by atoms with Gasteiger partial charge in [-0.05, 0) is 240 Å². The van der Waals surface area contributed by atoms with Crippen molar-refractivity contribution in [1.29, 1.82) is 0 Å². The van der Waals surface area contributed by atoms with Gasteiger partial charge in [-0.3, -0.25) is 62.3 Å². The van der Waals surface area contributed by atoms with E-state index in [1.54, 1.807) is 125 Å². The minimum Gasteiger partial charge on any atom is -0.460 e. The van der Waals surface area contributed by atoms with Crippen molar-refractivity contribution >= 4 is 101 Å². The van der Waals surface area contributed by atoms with Crippen LogP contribution in [0.2, 0.25) is 0 Å². The molecular weight excluding hydrogens is 1560 g/mol. The second-order valence-electron chi connectivity index (χ2n) is 35.7. The maximum absolute atomic E-state index is 14.9. The molecule has 0 radical (unpaired) electrons. The molecule has 0 fully saturated rings. The van der Waals surface area contributed by atoms with E-state index in [0.29, 0.717) is 6.42 Å². The van der Waals surface area contributed by atoms with Crippen molar-refractivity contribution in [1.82, 2.24) is 69.1 Å². The molecule has 41 nitrogen and oxygen atoms in total. The van der Waals surface area contributed by atoms with Gasteiger partial charge in [0.25, 0.3) is 0 Å². The predicted octanol–water partition coefficient (Wildman–Crippen LogP) is 4.80. The summed E-state index contributed by atoms with van der Waals surface area (Å²) in [6.07, 6.45) is -4.57. The highest BCUT2D eigenvalue weighted by Gasteiger charge is 2.38. The first-order valence-electron chi connectivity index (χ1n) is 40.1. The van der Waals surface area contributed by atoms with E-state index in [9.17, 15) is 81.5 Å². The summed E-state index contributed by atoms with van der Waals surface area (Å²) in [7, 11) is 0. The Bertz CT molecular complexity index is 3450. The Morgan fingerprint density at radius 2 is 0.597 bits per heavy atom. The summed E-state index contributed by atoms with van der Waals surface area (Å²) in [4.78, 5) is 234. The number of nitrogens with two attached hydrogens (primary N) is 1. The number of hydrogen-bond donors (Lipinski definition) is 14. The summed E-state index contributed by atoms with van der Waals surface area (Å²) in [6, 6.07) is -12.9. The average Bonchev–Trinajstić information content (AvgIpc) is 0.853. The number of amides is 14. The lowest BCUT2D eigenvalue weighted by molar-refractivity contribution is -0.157. The topological polar surface area (TPSA) is 586 Å². The van der Waals surface area contributed by atoms with Crippen LogP contribution < -0.4 is 74.9 Å². The number of esters is 3. The number of unbranched alkanes of at least 4 members (excludes halogenated alkanes) is 4. The van der Waals surface area contributed by atoms with E-state index in [2.05, 4.69) is 79.1 Å². The average molecular weight is 1700 g/mol. The number of rotatable bonds is 48. The zero-order valence-electron chi connectivity index (χ0n) is 74.0. The third-order valence-electron chi connectivity index (χ3n) is 15.4. The Labute approximate surface area is 698 Å². The fourth-order valence-corrected chi connectivity index (χ4v) is 10.5. The van der Waals surface area contributed by atoms with Crippen LogP contribution in [-0.4, -0.2) is 228 Å². The number of primary amides is 1. The first kappa shape index (κ1) is 108. The van der Waals surface area contributed by atoms with Crippen molar-refractivity contribution < 1.29 is 115 Å². The van der Waals surface area contributed by atoms with E-state index in [-0.39, 0.29) is 96.8 Å². The summed E-state index contributed by atoms with van der Waals surface area (Å²) in [5.41, 5.74) is 8.11. The number of nitrogens with one attached hydrogen (secondary N) is 13. The Kier molecular flexibility index (Phi) is 47.2.